The van der Waals surface area contributed by atoms with Gasteiger partial charge in [-0.2, -0.15) is 13.2 Å². The van der Waals surface area contributed by atoms with E-state index >= 15 is 0 Å². The highest BCUT2D eigenvalue weighted by atomic mass is 32.2. The number of benzene rings is 2. The summed E-state index contributed by atoms with van der Waals surface area (Å²) in [5.41, 5.74) is 0.422. The maximum absolute atomic E-state index is 13.2. The normalized spacial score (nSPS) is 16.0. The van der Waals surface area contributed by atoms with E-state index in [1.165, 1.54) is 23.9 Å². The molecule has 1 aliphatic heterocycles. The lowest BCUT2D eigenvalue weighted by molar-refractivity contribution is -0.139. The molecule has 1 N–H and O–H groups in total. The topological polar surface area (TPSA) is 15.3 Å². The van der Waals surface area contributed by atoms with Gasteiger partial charge < -0.3 is 10.2 Å². The van der Waals surface area contributed by atoms with Crippen molar-refractivity contribution in [2.75, 3.05) is 31.1 Å². The Labute approximate surface area is 144 Å². The minimum Gasteiger partial charge on any atom is -0.369 e. The molecule has 6 heteroatoms. The SMILES string of the molecule is FC(F)(F)c1ccccc1Sc1ccccc1N1CCCNCC1. The van der Waals surface area contributed by atoms with Crippen LogP contribution in [0.1, 0.15) is 12.0 Å². The summed E-state index contributed by atoms with van der Waals surface area (Å²) in [4.78, 5) is 3.35. The van der Waals surface area contributed by atoms with E-state index in [2.05, 4.69) is 10.2 Å². The van der Waals surface area contributed by atoms with Crippen molar-refractivity contribution in [1.82, 2.24) is 5.32 Å². The molecular weight excluding hydrogens is 333 g/mol. The van der Waals surface area contributed by atoms with Gasteiger partial charge in [0.2, 0.25) is 0 Å². The Kier molecular flexibility index (Phi) is 5.36. The first-order valence-corrected chi connectivity index (χ1v) is 8.76. The molecule has 2 aromatic rings. The maximum Gasteiger partial charge on any atom is 0.417 e. The standard InChI is InChI=1S/C18H19F3N2S/c19-18(20,21)14-6-1-3-8-16(14)24-17-9-4-2-7-15(17)23-12-5-10-22-11-13-23/h1-4,6-9,22H,5,10-13H2. The van der Waals surface area contributed by atoms with Gasteiger partial charge in [0.1, 0.15) is 0 Å². The molecule has 2 nitrogen and oxygen atoms in total. The summed E-state index contributed by atoms with van der Waals surface area (Å²) in [6.45, 7) is 3.63. The number of nitrogens with one attached hydrogen (secondary N) is 1. The molecule has 0 saturated carbocycles. The number of rotatable bonds is 3. The van der Waals surface area contributed by atoms with E-state index in [1.807, 2.05) is 24.3 Å². The predicted molar refractivity (Wildman–Crippen MR) is 91.7 cm³/mol. The van der Waals surface area contributed by atoms with Crippen LogP contribution in [0, 0.1) is 0 Å². The van der Waals surface area contributed by atoms with E-state index in [0.717, 1.165) is 49.2 Å². The van der Waals surface area contributed by atoms with Crippen molar-refractivity contribution in [2.24, 2.45) is 0 Å². The van der Waals surface area contributed by atoms with Crippen molar-refractivity contribution in [3.05, 3.63) is 54.1 Å². The highest BCUT2D eigenvalue weighted by molar-refractivity contribution is 7.99. The van der Waals surface area contributed by atoms with E-state index < -0.39 is 11.7 Å². The number of para-hydroxylation sites is 1. The zero-order chi connectivity index (χ0) is 17.0. The molecule has 1 aliphatic rings. The van der Waals surface area contributed by atoms with Gasteiger partial charge in [0.15, 0.2) is 0 Å². The summed E-state index contributed by atoms with van der Waals surface area (Å²) in [6, 6.07) is 13.4. The third-order valence-corrected chi connectivity index (χ3v) is 5.10. The highest BCUT2D eigenvalue weighted by Gasteiger charge is 2.33. The van der Waals surface area contributed by atoms with Crippen molar-refractivity contribution in [3.63, 3.8) is 0 Å². The molecule has 0 aromatic heterocycles. The zero-order valence-corrected chi connectivity index (χ0v) is 14.0. The molecule has 0 amide bonds. The number of hydrogen-bond acceptors (Lipinski definition) is 3. The first-order chi connectivity index (χ1) is 11.6. The van der Waals surface area contributed by atoms with Crippen molar-refractivity contribution in [1.29, 1.82) is 0 Å². The second kappa shape index (κ2) is 7.49. The summed E-state index contributed by atoms with van der Waals surface area (Å²) in [5.74, 6) is 0. The molecule has 2 aromatic carbocycles. The minimum absolute atomic E-state index is 0.241. The van der Waals surface area contributed by atoms with E-state index in [-0.39, 0.29) is 4.90 Å². The molecule has 0 spiro atoms. The quantitative estimate of drug-likeness (QED) is 0.865. The first-order valence-electron chi connectivity index (χ1n) is 7.94. The van der Waals surface area contributed by atoms with Crippen molar-refractivity contribution in [3.8, 4) is 0 Å². The van der Waals surface area contributed by atoms with Gasteiger partial charge in [-0.05, 0) is 37.2 Å². The van der Waals surface area contributed by atoms with Crippen LogP contribution in [-0.2, 0) is 6.18 Å². The molecule has 3 rings (SSSR count). The molecule has 24 heavy (non-hydrogen) atoms. The Balaban J connectivity index is 1.92. The summed E-state index contributed by atoms with van der Waals surface area (Å²) in [7, 11) is 0. The van der Waals surface area contributed by atoms with Gasteiger partial charge in [-0.25, -0.2) is 0 Å². The van der Waals surface area contributed by atoms with E-state index in [0.29, 0.717) is 0 Å². The predicted octanol–water partition coefficient (Wildman–Crippen LogP) is 4.66. The molecule has 0 atom stereocenters. The third kappa shape index (κ3) is 4.05. The fourth-order valence-corrected chi connectivity index (χ4v) is 3.93. The Morgan fingerprint density at radius 1 is 0.875 bits per heavy atom. The van der Waals surface area contributed by atoms with E-state index in [9.17, 15) is 13.2 Å². The van der Waals surface area contributed by atoms with Crippen LogP contribution in [0.4, 0.5) is 18.9 Å². The van der Waals surface area contributed by atoms with Crippen LogP contribution < -0.4 is 10.2 Å². The Morgan fingerprint density at radius 3 is 2.38 bits per heavy atom. The summed E-state index contributed by atoms with van der Waals surface area (Å²) < 4.78 is 39.7. The second-order valence-electron chi connectivity index (χ2n) is 5.65. The van der Waals surface area contributed by atoms with Gasteiger partial charge in [-0.15, -0.1) is 0 Å². The van der Waals surface area contributed by atoms with Crippen molar-refractivity contribution in [2.45, 2.75) is 22.4 Å². The summed E-state index contributed by atoms with van der Waals surface area (Å²) in [5, 5.41) is 3.35. The van der Waals surface area contributed by atoms with Crippen LogP contribution in [0.3, 0.4) is 0 Å². The van der Waals surface area contributed by atoms with Crippen LogP contribution in [-0.4, -0.2) is 26.2 Å². The van der Waals surface area contributed by atoms with Crippen LogP contribution in [0.5, 0.6) is 0 Å². The number of hydrogen-bond donors (Lipinski definition) is 1. The molecule has 1 saturated heterocycles. The molecule has 1 heterocycles. The Morgan fingerprint density at radius 2 is 1.58 bits per heavy atom. The summed E-state index contributed by atoms with van der Waals surface area (Å²) in [6.07, 6.45) is -3.32. The van der Waals surface area contributed by atoms with Gasteiger partial charge in [0.25, 0.3) is 0 Å². The average molecular weight is 352 g/mol. The smallest absolute Gasteiger partial charge is 0.369 e. The minimum atomic E-state index is -4.34. The van der Waals surface area contributed by atoms with Crippen molar-refractivity contribution >= 4 is 17.4 Å². The average Bonchev–Trinajstić information content (AvgIpc) is 2.84. The van der Waals surface area contributed by atoms with Crippen LogP contribution in [0.15, 0.2) is 58.3 Å². The number of anilines is 1. The van der Waals surface area contributed by atoms with Gasteiger partial charge >= 0.3 is 6.18 Å². The number of halogens is 3. The van der Waals surface area contributed by atoms with Crippen LogP contribution >= 0.6 is 11.8 Å². The molecule has 1 fully saturated rings. The lowest BCUT2D eigenvalue weighted by Gasteiger charge is -2.25. The molecule has 0 unspecified atom stereocenters. The molecule has 0 bridgehead atoms. The largest absolute Gasteiger partial charge is 0.417 e. The van der Waals surface area contributed by atoms with Crippen LogP contribution in [0.2, 0.25) is 0 Å². The van der Waals surface area contributed by atoms with Gasteiger partial charge in [-0.1, -0.05) is 36.0 Å². The fourth-order valence-electron chi connectivity index (χ4n) is 2.80. The monoisotopic (exact) mass is 352 g/mol. The Bertz CT molecular complexity index is 680. The highest BCUT2D eigenvalue weighted by Crippen LogP contribution is 2.42. The lowest BCUT2D eigenvalue weighted by atomic mass is 10.2. The number of nitrogens with zero attached hydrogens (tertiary/aromatic N) is 1. The fraction of sp³-hybridized carbons (Fsp3) is 0.333. The van der Waals surface area contributed by atoms with Gasteiger partial charge in [-0.3, -0.25) is 0 Å². The first kappa shape index (κ1) is 17.2. The van der Waals surface area contributed by atoms with E-state index in [1.54, 1.807) is 6.07 Å². The second-order valence-corrected chi connectivity index (χ2v) is 6.74. The molecule has 0 radical (unpaired) electrons. The van der Waals surface area contributed by atoms with Gasteiger partial charge in [0.05, 0.1) is 11.3 Å². The molecule has 128 valence electrons. The van der Waals surface area contributed by atoms with Gasteiger partial charge in [0, 0.05) is 29.4 Å². The summed E-state index contributed by atoms with van der Waals surface area (Å²) >= 11 is 1.19. The van der Waals surface area contributed by atoms with E-state index in [4.69, 9.17) is 0 Å². The molecular formula is C18H19F3N2S. The Hall–Kier alpha value is -1.66. The maximum atomic E-state index is 13.2. The third-order valence-electron chi connectivity index (χ3n) is 3.96. The number of alkyl halides is 3. The van der Waals surface area contributed by atoms with Crippen molar-refractivity contribution < 1.29 is 13.2 Å². The molecule has 0 aliphatic carbocycles. The van der Waals surface area contributed by atoms with Crippen LogP contribution in [0.25, 0.3) is 0 Å². The lowest BCUT2D eigenvalue weighted by Crippen LogP contribution is -2.28. The zero-order valence-electron chi connectivity index (χ0n) is 13.1.